The fourth-order valence-electron chi connectivity index (χ4n) is 5.13. The molecule has 0 spiro atoms. The van der Waals surface area contributed by atoms with E-state index < -0.39 is 0 Å². The number of rotatable bonds is 3. The lowest BCUT2D eigenvalue weighted by Crippen LogP contribution is -2.44. The quantitative estimate of drug-likeness (QED) is 0.891. The predicted octanol–water partition coefficient (Wildman–Crippen LogP) is 3.46. The zero-order chi connectivity index (χ0) is 14.2. The van der Waals surface area contributed by atoms with Crippen molar-refractivity contribution in [2.45, 2.75) is 69.1 Å². The molecule has 1 unspecified atom stereocenters. The highest BCUT2D eigenvalue weighted by Gasteiger charge is 2.46. The summed E-state index contributed by atoms with van der Waals surface area (Å²) in [5.41, 5.74) is 1.56. The van der Waals surface area contributed by atoms with E-state index >= 15 is 0 Å². The summed E-state index contributed by atoms with van der Waals surface area (Å²) in [5, 5.41) is 13.6. The molecule has 2 bridgehead atoms. The molecule has 0 saturated heterocycles. The fourth-order valence-corrected chi connectivity index (χ4v) is 5.13. The Morgan fingerprint density at radius 3 is 2.29 bits per heavy atom. The molecule has 114 valence electrons. The van der Waals surface area contributed by atoms with Gasteiger partial charge >= 0.3 is 0 Å². The van der Waals surface area contributed by atoms with E-state index in [9.17, 15) is 5.11 Å². The summed E-state index contributed by atoms with van der Waals surface area (Å²) in [6.07, 6.45) is 8.44. The van der Waals surface area contributed by atoms with Gasteiger partial charge < -0.3 is 10.4 Å². The summed E-state index contributed by atoms with van der Waals surface area (Å²) in [7, 11) is 0. The Kier molecular flexibility index (Phi) is 3.76. The lowest BCUT2D eigenvalue weighted by atomic mass is 9.81. The normalized spacial score (nSPS) is 42.3. The van der Waals surface area contributed by atoms with Crippen molar-refractivity contribution in [2.24, 2.45) is 11.8 Å². The number of nitrogens with one attached hydrogen (secondary N) is 1. The van der Waals surface area contributed by atoms with Crippen LogP contribution in [0.2, 0.25) is 0 Å². The summed E-state index contributed by atoms with van der Waals surface area (Å²) in [6.45, 7) is 0. The standard InChI is InChI=1S/C19H27NO/c21-17-8-6-16(7-9-17)20-19-12-14-10-15(19)11-18(14)13-4-2-1-3-5-13/h1-5,14-21H,6-12H2/t14-,15-,16?,17?,18+,19?/m0/s1. The van der Waals surface area contributed by atoms with Crippen molar-refractivity contribution in [3.05, 3.63) is 35.9 Å². The first-order chi connectivity index (χ1) is 10.3. The third-order valence-electron chi connectivity index (χ3n) is 6.23. The Labute approximate surface area is 128 Å². The summed E-state index contributed by atoms with van der Waals surface area (Å²) in [4.78, 5) is 0. The number of fused-ring (bicyclic) bond motifs is 2. The average molecular weight is 285 g/mol. The first-order valence-corrected chi connectivity index (χ1v) is 8.78. The van der Waals surface area contributed by atoms with E-state index in [1.165, 1.54) is 19.3 Å². The molecule has 1 aromatic carbocycles. The molecule has 3 aliphatic rings. The van der Waals surface area contributed by atoms with Gasteiger partial charge in [-0.05, 0) is 68.3 Å². The molecule has 3 saturated carbocycles. The zero-order valence-corrected chi connectivity index (χ0v) is 12.7. The Morgan fingerprint density at radius 1 is 0.857 bits per heavy atom. The van der Waals surface area contributed by atoms with Crippen LogP contribution in [0.1, 0.15) is 56.4 Å². The maximum absolute atomic E-state index is 9.63. The Bertz CT molecular complexity index is 466. The topological polar surface area (TPSA) is 32.3 Å². The molecule has 0 radical (unpaired) electrons. The molecule has 2 heteroatoms. The maximum atomic E-state index is 9.63. The van der Waals surface area contributed by atoms with E-state index in [-0.39, 0.29) is 6.10 Å². The van der Waals surface area contributed by atoms with Crippen molar-refractivity contribution in [3.8, 4) is 0 Å². The van der Waals surface area contributed by atoms with Gasteiger partial charge in [0.2, 0.25) is 0 Å². The Balaban J connectivity index is 1.34. The minimum absolute atomic E-state index is 0.0365. The number of hydrogen-bond acceptors (Lipinski definition) is 2. The van der Waals surface area contributed by atoms with Gasteiger partial charge in [0.05, 0.1) is 6.10 Å². The average Bonchev–Trinajstić information content (AvgIpc) is 3.10. The first-order valence-electron chi connectivity index (χ1n) is 8.78. The highest BCUT2D eigenvalue weighted by atomic mass is 16.3. The van der Waals surface area contributed by atoms with Crippen LogP contribution >= 0.6 is 0 Å². The molecule has 2 N–H and O–H groups in total. The van der Waals surface area contributed by atoms with Crippen LogP contribution in [-0.4, -0.2) is 23.3 Å². The van der Waals surface area contributed by atoms with Crippen LogP contribution in [0.5, 0.6) is 0 Å². The lowest BCUT2D eigenvalue weighted by Gasteiger charge is -2.34. The zero-order valence-electron chi connectivity index (χ0n) is 12.7. The molecule has 0 heterocycles. The second-order valence-electron chi connectivity index (χ2n) is 7.52. The van der Waals surface area contributed by atoms with Crippen molar-refractivity contribution in [1.82, 2.24) is 5.32 Å². The van der Waals surface area contributed by atoms with Crippen molar-refractivity contribution in [1.29, 1.82) is 0 Å². The Morgan fingerprint density at radius 2 is 1.62 bits per heavy atom. The lowest BCUT2D eigenvalue weighted by molar-refractivity contribution is 0.111. The van der Waals surface area contributed by atoms with Crippen LogP contribution in [0.15, 0.2) is 30.3 Å². The van der Waals surface area contributed by atoms with Crippen molar-refractivity contribution < 1.29 is 5.11 Å². The number of aliphatic hydroxyl groups excluding tert-OH is 1. The summed E-state index contributed by atoms with van der Waals surface area (Å²) in [5.74, 6) is 2.58. The smallest absolute Gasteiger partial charge is 0.0541 e. The van der Waals surface area contributed by atoms with E-state index in [1.54, 1.807) is 5.56 Å². The highest BCUT2D eigenvalue weighted by Crippen LogP contribution is 2.53. The molecule has 1 aromatic rings. The second-order valence-corrected chi connectivity index (χ2v) is 7.52. The van der Waals surface area contributed by atoms with Crippen molar-refractivity contribution in [2.75, 3.05) is 0 Å². The summed E-state index contributed by atoms with van der Waals surface area (Å²) in [6, 6.07) is 12.5. The molecule has 0 aromatic heterocycles. The van der Waals surface area contributed by atoms with Crippen LogP contribution in [0.4, 0.5) is 0 Å². The Hall–Kier alpha value is -0.860. The van der Waals surface area contributed by atoms with Crippen molar-refractivity contribution in [3.63, 3.8) is 0 Å². The molecule has 3 aliphatic carbocycles. The van der Waals surface area contributed by atoms with Gasteiger partial charge in [0, 0.05) is 12.1 Å². The van der Waals surface area contributed by atoms with Gasteiger partial charge in [-0.15, -0.1) is 0 Å². The number of aliphatic hydroxyl groups is 1. The minimum Gasteiger partial charge on any atom is -0.393 e. The summed E-state index contributed by atoms with van der Waals surface area (Å²) >= 11 is 0. The largest absolute Gasteiger partial charge is 0.393 e. The summed E-state index contributed by atoms with van der Waals surface area (Å²) < 4.78 is 0. The van der Waals surface area contributed by atoms with Gasteiger partial charge in [-0.3, -0.25) is 0 Å². The third-order valence-corrected chi connectivity index (χ3v) is 6.23. The molecule has 21 heavy (non-hydrogen) atoms. The molecule has 0 amide bonds. The molecule has 4 rings (SSSR count). The predicted molar refractivity (Wildman–Crippen MR) is 85.2 cm³/mol. The monoisotopic (exact) mass is 285 g/mol. The van der Waals surface area contributed by atoms with Crippen LogP contribution in [0.3, 0.4) is 0 Å². The van der Waals surface area contributed by atoms with Gasteiger partial charge in [-0.25, -0.2) is 0 Å². The van der Waals surface area contributed by atoms with E-state index in [4.69, 9.17) is 0 Å². The molecule has 0 aliphatic heterocycles. The highest BCUT2D eigenvalue weighted by molar-refractivity contribution is 5.24. The van der Waals surface area contributed by atoms with Crippen LogP contribution in [-0.2, 0) is 0 Å². The van der Waals surface area contributed by atoms with Crippen LogP contribution in [0.25, 0.3) is 0 Å². The van der Waals surface area contributed by atoms with Crippen LogP contribution in [0, 0.1) is 11.8 Å². The second kappa shape index (κ2) is 5.73. The molecular weight excluding hydrogens is 258 g/mol. The molecular formula is C19H27NO. The van der Waals surface area contributed by atoms with Crippen LogP contribution < -0.4 is 5.32 Å². The van der Waals surface area contributed by atoms with Gasteiger partial charge in [0.15, 0.2) is 0 Å². The number of benzene rings is 1. The first kappa shape index (κ1) is 13.8. The minimum atomic E-state index is -0.0365. The van der Waals surface area contributed by atoms with E-state index in [2.05, 4.69) is 35.6 Å². The van der Waals surface area contributed by atoms with Gasteiger partial charge in [-0.1, -0.05) is 30.3 Å². The van der Waals surface area contributed by atoms with Gasteiger partial charge in [0.25, 0.3) is 0 Å². The fraction of sp³-hybridized carbons (Fsp3) is 0.684. The maximum Gasteiger partial charge on any atom is 0.0541 e. The number of hydrogen-bond donors (Lipinski definition) is 2. The van der Waals surface area contributed by atoms with Gasteiger partial charge in [0.1, 0.15) is 0 Å². The van der Waals surface area contributed by atoms with E-state index in [1.807, 2.05) is 0 Å². The van der Waals surface area contributed by atoms with E-state index in [0.717, 1.165) is 49.5 Å². The molecule has 3 fully saturated rings. The van der Waals surface area contributed by atoms with Gasteiger partial charge in [-0.2, -0.15) is 0 Å². The third kappa shape index (κ3) is 2.76. The van der Waals surface area contributed by atoms with Crippen molar-refractivity contribution >= 4 is 0 Å². The molecule has 2 nitrogen and oxygen atoms in total. The molecule has 4 atom stereocenters. The SMILES string of the molecule is OC1CCC(NC2C[C@@H]3C[C@H]2C[C@@H]3c2ccccc2)CC1. The van der Waals surface area contributed by atoms with E-state index in [0.29, 0.717) is 6.04 Å².